The molecule has 1 N–H and O–H groups in total. The highest BCUT2D eigenvalue weighted by molar-refractivity contribution is 5.94. The van der Waals surface area contributed by atoms with E-state index in [1.54, 1.807) is 54.2 Å². The minimum Gasteiger partial charge on any atom is -0.857 e. The maximum Gasteiger partial charge on any atom is 0.251 e. The average molecular weight is 363 g/mol. The molecule has 0 aliphatic heterocycles. The maximum absolute atomic E-state index is 12.3. The summed E-state index contributed by atoms with van der Waals surface area (Å²) < 4.78 is 1.55. The molecule has 0 spiro atoms. The summed E-state index contributed by atoms with van der Waals surface area (Å²) in [5.74, 6) is -0.577. The van der Waals surface area contributed by atoms with Crippen molar-refractivity contribution in [3.8, 4) is 5.69 Å². The molecule has 1 aromatic carbocycles. The summed E-state index contributed by atoms with van der Waals surface area (Å²) in [5.41, 5.74) is 2.74. The quantitative estimate of drug-likeness (QED) is 0.520. The van der Waals surface area contributed by atoms with Crippen LogP contribution in [0.3, 0.4) is 0 Å². The zero-order chi connectivity index (χ0) is 19.2. The predicted molar refractivity (Wildman–Crippen MR) is 98.6 cm³/mol. The van der Waals surface area contributed by atoms with Crippen LogP contribution in [0.5, 0.6) is 0 Å². The number of hydrogen-bond donors (Lipinski definition) is 1. The second-order valence-electron chi connectivity index (χ2n) is 5.78. The number of carbonyl (C=O) groups excluding carboxylic acids is 1. The number of aliphatic imine (C=N–C) groups is 1. The number of aromatic nitrogens is 4. The third-order valence-corrected chi connectivity index (χ3v) is 3.92. The van der Waals surface area contributed by atoms with E-state index >= 15 is 0 Å². The summed E-state index contributed by atoms with van der Waals surface area (Å²) in [7, 11) is 0. The van der Waals surface area contributed by atoms with Gasteiger partial charge in [0.2, 0.25) is 0 Å². The van der Waals surface area contributed by atoms with Gasteiger partial charge < -0.3 is 10.4 Å². The van der Waals surface area contributed by atoms with E-state index in [4.69, 9.17) is 0 Å². The Hall–Kier alpha value is -3.55. The standard InChI is InChI=1S/C19H20N6O2/c1-3-20-18(26)14-7-9-16(10-8-14)25-13(2)17(23-24-25)19(27)22-12-15-6-4-5-11-21-15/h4-11H,3,12H2,1-2H3,(H,20,26)(H,22,27)/p-1. The van der Waals surface area contributed by atoms with E-state index in [1.807, 2.05) is 13.0 Å². The Kier molecular flexibility index (Phi) is 5.55. The lowest BCUT2D eigenvalue weighted by Gasteiger charge is -2.09. The smallest absolute Gasteiger partial charge is 0.251 e. The molecule has 8 heteroatoms. The number of pyridine rings is 1. The van der Waals surface area contributed by atoms with Gasteiger partial charge in [-0.05, 0) is 50.2 Å². The Labute approximate surface area is 156 Å². The van der Waals surface area contributed by atoms with Crippen molar-refractivity contribution < 1.29 is 9.90 Å². The lowest BCUT2D eigenvalue weighted by atomic mass is 10.2. The molecule has 0 bridgehead atoms. The second kappa shape index (κ2) is 8.22. The lowest BCUT2D eigenvalue weighted by molar-refractivity contribution is -0.213. The maximum atomic E-state index is 12.3. The van der Waals surface area contributed by atoms with Crippen LogP contribution >= 0.6 is 0 Å². The van der Waals surface area contributed by atoms with Crippen LogP contribution in [-0.2, 0) is 6.54 Å². The third-order valence-electron chi connectivity index (χ3n) is 3.92. The summed E-state index contributed by atoms with van der Waals surface area (Å²) >= 11 is 0. The summed E-state index contributed by atoms with van der Waals surface area (Å²) in [6, 6.07) is 12.4. The predicted octanol–water partition coefficient (Wildman–Crippen LogP) is 1.03. The van der Waals surface area contributed by atoms with Crippen LogP contribution in [0.25, 0.3) is 5.69 Å². The van der Waals surface area contributed by atoms with E-state index in [2.05, 4.69) is 25.6 Å². The molecule has 0 saturated heterocycles. The second-order valence-corrected chi connectivity index (χ2v) is 5.78. The van der Waals surface area contributed by atoms with Gasteiger partial charge in [-0.3, -0.25) is 14.8 Å². The van der Waals surface area contributed by atoms with Gasteiger partial charge in [0, 0.05) is 24.2 Å². The lowest BCUT2D eigenvalue weighted by Crippen LogP contribution is -2.22. The van der Waals surface area contributed by atoms with Crippen LogP contribution in [0, 0.1) is 6.92 Å². The SMILES string of the molecule is CCNC(=O)c1ccc(-n2nnc(C([O-])=NCc3ccccn3)c2C)cc1. The van der Waals surface area contributed by atoms with Gasteiger partial charge in [-0.2, -0.15) is 0 Å². The molecule has 0 unspecified atom stereocenters. The highest BCUT2D eigenvalue weighted by Crippen LogP contribution is 2.13. The molecule has 0 atom stereocenters. The van der Waals surface area contributed by atoms with E-state index in [-0.39, 0.29) is 18.1 Å². The van der Waals surface area contributed by atoms with Crippen LogP contribution < -0.4 is 10.4 Å². The molecule has 138 valence electrons. The fraction of sp³-hybridized carbons (Fsp3) is 0.211. The zero-order valence-electron chi connectivity index (χ0n) is 15.1. The Bertz CT molecular complexity index is 948. The minimum atomic E-state index is -0.441. The van der Waals surface area contributed by atoms with E-state index in [9.17, 15) is 9.90 Å². The number of rotatable bonds is 6. The van der Waals surface area contributed by atoms with Gasteiger partial charge in [0.05, 0.1) is 23.6 Å². The molecular formula is C19H19N6O2-. The van der Waals surface area contributed by atoms with Crippen molar-refractivity contribution in [2.24, 2.45) is 4.99 Å². The fourth-order valence-electron chi connectivity index (χ4n) is 2.51. The number of benzene rings is 1. The molecule has 8 nitrogen and oxygen atoms in total. The Morgan fingerprint density at radius 1 is 1.22 bits per heavy atom. The van der Waals surface area contributed by atoms with Crippen molar-refractivity contribution in [2.75, 3.05) is 6.54 Å². The number of hydrogen-bond acceptors (Lipinski definition) is 6. The van der Waals surface area contributed by atoms with Crippen LogP contribution in [-0.4, -0.2) is 38.3 Å². The van der Waals surface area contributed by atoms with Crippen molar-refractivity contribution in [3.05, 3.63) is 71.3 Å². The Morgan fingerprint density at radius 3 is 2.67 bits per heavy atom. The van der Waals surface area contributed by atoms with Crippen molar-refractivity contribution in [2.45, 2.75) is 20.4 Å². The largest absolute Gasteiger partial charge is 0.857 e. The van der Waals surface area contributed by atoms with Crippen molar-refractivity contribution in [1.29, 1.82) is 0 Å². The molecule has 2 heterocycles. The number of amides is 1. The van der Waals surface area contributed by atoms with E-state index in [1.165, 1.54) is 0 Å². The molecule has 0 fully saturated rings. The summed E-state index contributed by atoms with van der Waals surface area (Å²) in [4.78, 5) is 20.0. The number of nitrogens with zero attached hydrogens (tertiary/aromatic N) is 5. The van der Waals surface area contributed by atoms with Crippen molar-refractivity contribution in [1.82, 2.24) is 25.3 Å². The van der Waals surface area contributed by atoms with Crippen LogP contribution in [0.4, 0.5) is 0 Å². The summed E-state index contributed by atoms with van der Waals surface area (Å²) in [5, 5.41) is 23.1. The molecular weight excluding hydrogens is 344 g/mol. The van der Waals surface area contributed by atoms with E-state index < -0.39 is 5.90 Å². The van der Waals surface area contributed by atoms with E-state index in [0.29, 0.717) is 29.2 Å². The first-order valence-electron chi connectivity index (χ1n) is 8.52. The van der Waals surface area contributed by atoms with Crippen molar-refractivity contribution >= 4 is 11.8 Å². The molecule has 2 aromatic heterocycles. The molecule has 3 rings (SSSR count). The Balaban J connectivity index is 1.79. The third kappa shape index (κ3) is 4.17. The van der Waals surface area contributed by atoms with Crippen LogP contribution in [0.2, 0.25) is 0 Å². The zero-order valence-corrected chi connectivity index (χ0v) is 15.1. The minimum absolute atomic E-state index is 0.136. The first-order valence-corrected chi connectivity index (χ1v) is 8.52. The monoisotopic (exact) mass is 363 g/mol. The first-order chi connectivity index (χ1) is 13.1. The molecule has 0 aliphatic rings. The average Bonchev–Trinajstić information content (AvgIpc) is 3.08. The molecule has 3 aromatic rings. The molecule has 0 radical (unpaired) electrons. The first kappa shape index (κ1) is 18.2. The van der Waals surface area contributed by atoms with Gasteiger partial charge >= 0.3 is 0 Å². The van der Waals surface area contributed by atoms with Gasteiger partial charge in [-0.25, -0.2) is 4.68 Å². The number of carbonyl (C=O) groups is 1. The van der Waals surface area contributed by atoms with Gasteiger partial charge in [0.25, 0.3) is 5.91 Å². The summed E-state index contributed by atoms with van der Waals surface area (Å²) in [6.45, 7) is 4.37. The normalized spacial score (nSPS) is 11.4. The van der Waals surface area contributed by atoms with Gasteiger partial charge in [-0.15, -0.1) is 5.10 Å². The van der Waals surface area contributed by atoms with Crippen LogP contribution in [0.1, 0.15) is 34.4 Å². The molecule has 1 amide bonds. The fourth-order valence-corrected chi connectivity index (χ4v) is 2.51. The molecule has 0 saturated carbocycles. The van der Waals surface area contributed by atoms with Gasteiger partial charge in [0.1, 0.15) is 5.69 Å². The highest BCUT2D eigenvalue weighted by atomic mass is 16.3. The van der Waals surface area contributed by atoms with Gasteiger partial charge in [0.15, 0.2) is 0 Å². The summed E-state index contributed by atoms with van der Waals surface area (Å²) in [6.07, 6.45) is 1.65. The highest BCUT2D eigenvalue weighted by Gasteiger charge is 2.11. The van der Waals surface area contributed by atoms with Gasteiger partial charge in [-0.1, -0.05) is 11.3 Å². The number of nitrogens with one attached hydrogen (secondary N) is 1. The Morgan fingerprint density at radius 2 is 2.00 bits per heavy atom. The van der Waals surface area contributed by atoms with Crippen molar-refractivity contribution in [3.63, 3.8) is 0 Å². The van der Waals surface area contributed by atoms with Crippen LogP contribution in [0.15, 0.2) is 53.7 Å². The van der Waals surface area contributed by atoms with E-state index in [0.717, 1.165) is 0 Å². The molecule has 27 heavy (non-hydrogen) atoms. The topological polar surface area (TPSA) is 108 Å². The molecule has 0 aliphatic carbocycles.